The topological polar surface area (TPSA) is 65.4 Å². The van der Waals surface area contributed by atoms with Crippen LogP contribution in [0.3, 0.4) is 0 Å². The van der Waals surface area contributed by atoms with E-state index in [4.69, 9.17) is 16.3 Å². The summed E-state index contributed by atoms with van der Waals surface area (Å²) in [5, 5.41) is 3.04. The Labute approximate surface area is 185 Å². The van der Waals surface area contributed by atoms with Gasteiger partial charge in [0.25, 0.3) is 0 Å². The maximum Gasteiger partial charge on any atom is 0.522 e. The van der Waals surface area contributed by atoms with E-state index in [1.165, 1.54) is 12.1 Å². The third kappa shape index (κ3) is 3.99. The Morgan fingerprint density at radius 3 is 2.62 bits per heavy atom. The maximum atomic E-state index is 13.7. The predicted molar refractivity (Wildman–Crippen MR) is 105 cm³/mol. The van der Waals surface area contributed by atoms with Crippen molar-refractivity contribution in [1.29, 1.82) is 0 Å². The number of nitrogens with one attached hydrogen (secondary N) is 1. The lowest BCUT2D eigenvalue weighted by atomic mass is 9.38. The van der Waals surface area contributed by atoms with E-state index < -0.39 is 24.4 Å². The minimum Gasteiger partial charge on any atom is -0.368 e. The summed E-state index contributed by atoms with van der Waals surface area (Å²) in [5.41, 5.74) is 1.14. The van der Waals surface area contributed by atoms with Crippen LogP contribution in [0, 0.1) is 5.82 Å². The molecule has 4 aliphatic rings. The van der Waals surface area contributed by atoms with Gasteiger partial charge in [0.05, 0.1) is 29.3 Å². The summed E-state index contributed by atoms with van der Waals surface area (Å²) in [6.45, 7) is -0.186. The zero-order valence-electron chi connectivity index (χ0n) is 16.8. The van der Waals surface area contributed by atoms with Gasteiger partial charge in [0.2, 0.25) is 5.91 Å². The van der Waals surface area contributed by atoms with Gasteiger partial charge < -0.3 is 14.6 Å². The van der Waals surface area contributed by atoms with Gasteiger partial charge in [-0.25, -0.2) is 9.37 Å². The molecule has 0 radical (unpaired) electrons. The van der Waals surface area contributed by atoms with E-state index >= 15 is 0 Å². The van der Waals surface area contributed by atoms with E-state index in [1.807, 2.05) is 6.20 Å². The first-order valence-corrected chi connectivity index (χ1v) is 10.6. The minimum absolute atomic E-state index is 0.0574. The molecule has 0 atom stereocenters. The molecular formula is C21H20ClF4N3O3. The number of aromatic nitrogens is 2. The van der Waals surface area contributed by atoms with Crippen LogP contribution in [0.1, 0.15) is 37.8 Å². The van der Waals surface area contributed by atoms with Crippen molar-refractivity contribution in [2.75, 3.05) is 6.61 Å². The third-order valence-corrected chi connectivity index (χ3v) is 6.87. The van der Waals surface area contributed by atoms with Crippen LogP contribution in [0.2, 0.25) is 5.02 Å². The highest BCUT2D eigenvalue weighted by Gasteiger charge is 2.70. The molecule has 6 rings (SSSR count). The number of rotatable bonds is 7. The summed E-state index contributed by atoms with van der Waals surface area (Å²) in [6, 6.07) is 4.55. The molecule has 11 heteroatoms. The van der Waals surface area contributed by atoms with Crippen LogP contribution in [0.4, 0.5) is 17.6 Å². The average molecular weight is 474 g/mol. The molecule has 0 unspecified atom stereocenters. The average Bonchev–Trinajstić information content (AvgIpc) is 3.10. The van der Waals surface area contributed by atoms with Gasteiger partial charge >= 0.3 is 6.36 Å². The molecule has 4 aliphatic carbocycles. The van der Waals surface area contributed by atoms with Crippen molar-refractivity contribution in [2.45, 2.75) is 61.6 Å². The van der Waals surface area contributed by atoms with Crippen molar-refractivity contribution in [3.63, 3.8) is 0 Å². The van der Waals surface area contributed by atoms with Crippen molar-refractivity contribution in [3.8, 4) is 5.69 Å². The van der Waals surface area contributed by atoms with E-state index in [1.54, 1.807) is 17.0 Å². The normalized spacial score (nSPS) is 30.8. The molecule has 172 valence electrons. The molecule has 32 heavy (non-hydrogen) atoms. The van der Waals surface area contributed by atoms with Gasteiger partial charge in [0.15, 0.2) is 0 Å². The van der Waals surface area contributed by atoms with Crippen molar-refractivity contribution < 1.29 is 31.8 Å². The van der Waals surface area contributed by atoms with Crippen LogP contribution in [0.5, 0.6) is 0 Å². The minimum atomic E-state index is -4.64. The third-order valence-electron chi connectivity index (χ3n) is 6.56. The molecule has 0 aliphatic heterocycles. The second kappa shape index (κ2) is 7.43. The van der Waals surface area contributed by atoms with Crippen molar-refractivity contribution in [2.24, 2.45) is 0 Å². The van der Waals surface area contributed by atoms with Crippen LogP contribution < -0.4 is 5.32 Å². The fraction of sp³-hybridized carbons (Fsp3) is 0.524. The van der Waals surface area contributed by atoms with E-state index in [9.17, 15) is 22.4 Å². The maximum absolute atomic E-state index is 13.7. The molecule has 4 fully saturated rings. The molecule has 0 saturated heterocycles. The number of carbonyl (C=O) groups is 1. The Morgan fingerprint density at radius 2 is 1.97 bits per heavy atom. The van der Waals surface area contributed by atoms with Crippen LogP contribution in [0.25, 0.3) is 5.69 Å². The molecule has 2 bridgehead atoms. The Balaban J connectivity index is 1.08. The highest BCUT2D eigenvalue weighted by molar-refractivity contribution is 6.30. The zero-order chi connectivity index (χ0) is 22.7. The lowest BCUT2D eigenvalue weighted by Crippen LogP contribution is -2.77. The first kappa shape index (κ1) is 21.7. The number of halogens is 5. The zero-order valence-corrected chi connectivity index (χ0v) is 17.5. The van der Waals surface area contributed by atoms with Gasteiger partial charge in [-0.15, -0.1) is 13.2 Å². The molecule has 2 aromatic rings. The van der Waals surface area contributed by atoms with Gasteiger partial charge in [0, 0.05) is 35.7 Å². The van der Waals surface area contributed by atoms with Crippen LogP contribution in [-0.2, 0) is 19.7 Å². The van der Waals surface area contributed by atoms with Gasteiger partial charge in [0.1, 0.15) is 12.4 Å². The summed E-state index contributed by atoms with van der Waals surface area (Å²) >= 11 is 5.73. The standard InChI is InChI=1S/C21H20ClF4N3O3/c22-15-2-1-12(3-16(15)23)29-6-17(27-11-29)19-8-20(9-19,10-19)28-18(30)7-31-13-4-14(5-13)32-21(24,25)26/h1-3,6,11,13-14H,4-5,7-10H2,(H,28,30)/t13-,14+,19?,20?. The molecule has 1 aromatic heterocycles. The number of hydrogen-bond donors (Lipinski definition) is 1. The number of hydrogen-bond acceptors (Lipinski definition) is 4. The first-order valence-electron chi connectivity index (χ1n) is 10.2. The second-order valence-corrected chi connectivity index (χ2v) is 9.40. The van der Waals surface area contributed by atoms with Gasteiger partial charge in [-0.2, -0.15) is 0 Å². The summed E-state index contributed by atoms with van der Waals surface area (Å²) in [5.74, 6) is -0.778. The second-order valence-electron chi connectivity index (χ2n) is 8.99. The SMILES string of the molecule is O=C(CO[C@H]1C[C@@H](OC(F)(F)F)C1)NC12CC(c3cn(-c4ccc(Cl)c(F)c4)cn3)(C1)C2. The van der Waals surface area contributed by atoms with Crippen LogP contribution in [0.15, 0.2) is 30.7 Å². The fourth-order valence-electron chi connectivity index (χ4n) is 5.04. The number of amides is 1. The summed E-state index contributed by atoms with van der Waals surface area (Å²) in [7, 11) is 0. The first-order chi connectivity index (χ1) is 15.0. The highest BCUT2D eigenvalue weighted by atomic mass is 35.5. The number of alkyl halides is 3. The van der Waals surface area contributed by atoms with Crippen molar-refractivity contribution >= 4 is 17.5 Å². The molecule has 1 N–H and O–H groups in total. The Hall–Kier alpha value is -2.17. The van der Waals surface area contributed by atoms with E-state index in [0.717, 1.165) is 25.0 Å². The number of benzene rings is 1. The molecular weight excluding hydrogens is 454 g/mol. The van der Waals surface area contributed by atoms with Crippen molar-refractivity contribution in [3.05, 3.63) is 47.3 Å². The predicted octanol–water partition coefficient (Wildman–Crippen LogP) is 4.04. The van der Waals surface area contributed by atoms with Gasteiger partial charge in [-0.1, -0.05) is 11.6 Å². The van der Waals surface area contributed by atoms with E-state index in [0.29, 0.717) is 5.69 Å². The van der Waals surface area contributed by atoms with E-state index in [2.05, 4.69) is 15.0 Å². The number of nitrogens with zero attached hydrogens (tertiary/aromatic N) is 2. The Morgan fingerprint density at radius 1 is 1.25 bits per heavy atom. The Bertz CT molecular complexity index is 1030. The molecule has 1 amide bonds. The van der Waals surface area contributed by atoms with E-state index in [-0.39, 0.29) is 41.3 Å². The smallest absolute Gasteiger partial charge is 0.368 e. The van der Waals surface area contributed by atoms with Crippen molar-refractivity contribution in [1.82, 2.24) is 14.9 Å². The van der Waals surface area contributed by atoms with Gasteiger partial charge in [-0.05, 0) is 37.5 Å². The lowest BCUT2D eigenvalue weighted by Gasteiger charge is -2.70. The largest absolute Gasteiger partial charge is 0.522 e. The molecule has 0 spiro atoms. The van der Waals surface area contributed by atoms with Gasteiger partial charge in [-0.3, -0.25) is 9.53 Å². The fourth-order valence-corrected chi connectivity index (χ4v) is 5.16. The number of carbonyl (C=O) groups excluding carboxylic acids is 1. The molecule has 1 aromatic carbocycles. The quantitative estimate of drug-likeness (QED) is 0.616. The van der Waals surface area contributed by atoms with Crippen LogP contribution >= 0.6 is 11.6 Å². The Kier molecular flexibility index (Phi) is 5.03. The lowest BCUT2D eigenvalue weighted by molar-refractivity contribution is -0.357. The number of imidazole rings is 1. The number of ether oxygens (including phenoxy) is 2. The molecule has 4 saturated carbocycles. The highest BCUT2D eigenvalue weighted by Crippen LogP contribution is 2.67. The summed E-state index contributed by atoms with van der Waals surface area (Å²) < 4.78 is 61.1. The molecule has 6 nitrogen and oxygen atoms in total. The van der Waals surface area contributed by atoms with Crippen LogP contribution in [-0.4, -0.2) is 46.2 Å². The summed E-state index contributed by atoms with van der Waals surface area (Å²) in [4.78, 5) is 16.7. The molecule has 1 heterocycles. The summed E-state index contributed by atoms with van der Waals surface area (Å²) in [6.07, 6.45) is 0.0713. The monoisotopic (exact) mass is 473 g/mol.